The molecule has 8 nitrogen and oxygen atoms in total. The third-order valence-corrected chi connectivity index (χ3v) is 2.37. The van der Waals surface area contributed by atoms with E-state index in [1.807, 2.05) is 4.98 Å². The molecule has 0 fully saturated rings. The van der Waals surface area contributed by atoms with E-state index in [0.717, 1.165) is 10.6 Å². The highest BCUT2D eigenvalue weighted by Crippen LogP contribution is 2.10. The predicted molar refractivity (Wildman–Crippen MR) is 61.1 cm³/mol. The molecule has 0 bridgehead atoms. The van der Waals surface area contributed by atoms with Crippen LogP contribution in [0.2, 0.25) is 0 Å². The van der Waals surface area contributed by atoms with Crippen LogP contribution >= 0.6 is 0 Å². The van der Waals surface area contributed by atoms with Gasteiger partial charge in [-0.1, -0.05) is 0 Å². The van der Waals surface area contributed by atoms with E-state index in [1.54, 1.807) is 0 Å². The average Bonchev–Trinajstić information content (AvgIpc) is 2.31. The van der Waals surface area contributed by atoms with Gasteiger partial charge in [-0.3, -0.25) is 14.3 Å². The van der Waals surface area contributed by atoms with Crippen molar-refractivity contribution in [3.05, 3.63) is 33.1 Å². The molecule has 0 aliphatic carbocycles. The van der Waals surface area contributed by atoms with Gasteiger partial charge in [0.25, 0.3) is 5.56 Å². The Kier molecular flexibility index (Phi) is 5.23. The van der Waals surface area contributed by atoms with Crippen molar-refractivity contribution in [2.24, 2.45) is 0 Å². The number of rotatable bonds is 6. The molecule has 1 heterocycles. The van der Waals surface area contributed by atoms with Gasteiger partial charge in [-0.15, -0.1) is 0 Å². The number of ether oxygens (including phenoxy) is 1. The summed E-state index contributed by atoms with van der Waals surface area (Å²) in [5.41, 5.74) is -1.31. The highest BCUT2D eigenvalue weighted by molar-refractivity contribution is 4.84. The molecule has 4 N–H and O–H groups in total. The van der Waals surface area contributed by atoms with Crippen molar-refractivity contribution in [2.75, 3.05) is 13.2 Å². The Morgan fingerprint density at radius 1 is 1.39 bits per heavy atom. The van der Waals surface area contributed by atoms with Crippen LogP contribution < -0.4 is 11.2 Å². The molecule has 18 heavy (non-hydrogen) atoms. The summed E-state index contributed by atoms with van der Waals surface area (Å²) in [6.07, 6.45) is -1.84. The Bertz CT molecular complexity index is 480. The summed E-state index contributed by atoms with van der Waals surface area (Å²) in [5, 5.41) is 27.5. The zero-order valence-electron chi connectivity index (χ0n) is 9.81. The molecule has 8 heteroatoms. The van der Waals surface area contributed by atoms with E-state index in [0.29, 0.717) is 0 Å². The lowest BCUT2D eigenvalue weighted by Gasteiger charge is -2.25. The first-order chi connectivity index (χ1) is 8.49. The van der Waals surface area contributed by atoms with Crippen LogP contribution in [0.5, 0.6) is 0 Å². The van der Waals surface area contributed by atoms with Gasteiger partial charge in [-0.05, 0) is 6.92 Å². The van der Waals surface area contributed by atoms with Crippen molar-refractivity contribution in [1.82, 2.24) is 9.55 Å². The van der Waals surface area contributed by atoms with Gasteiger partial charge in [-0.25, -0.2) is 4.79 Å². The lowest BCUT2D eigenvalue weighted by molar-refractivity contribution is -0.134. The van der Waals surface area contributed by atoms with Crippen LogP contribution in [0.4, 0.5) is 0 Å². The number of hydrogen-bond acceptors (Lipinski definition) is 6. The van der Waals surface area contributed by atoms with Crippen LogP contribution in [-0.2, 0) is 4.74 Å². The van der Waals surface area contributed by atoms with Crippen molar-refractivity contribution < 1.29 is 20.1 Å². The molecule has 0 aliphatic heterocycles. The van der Waals surface area contributed by atoms with Crippen LogP contribution in [0.25, 0.3) is 0 Å². The summed E-state index contributed by atoms with van der Waals surface area (Å²) >= 11 is 0. The summed E-state index contributed by atoms with van der Waals surface area (Å²) in [7, 11) is 0. The molecule has 102 valence electrons. The predicted octanol–water partition coefficient (Wildman–Crippen LogP) is -2.21. The summed E-state index contributed by atoms with van der Waals surface area (Å²) < 4.78 is 6.17. The number of aromatic nitrogens is 2. The van der Waals surface area contributed by atoms with Gasteiger partial charge in [0.05, 0.1) is 19.3 Å². The Hall–Kier alpha value is -1.48. The number of aromatic amines is 1. The third-order valence-electron chi connectivity index (χ3n) is 2.37. The van der Waals surface area contributed by atoms with Crippen LogP contribution in [0.1, 0.15) is 13.2 Å². The van der Waals surface area contributed by atoms with Crippen LogP contribution in [0.3, 0.4) is 0 Å². The van der Waals surface area contributed by atoms with E-state index >= 15 is 0 Å². The fourth-order valence-corrected chi connectivity index (χ4v) is 1.36. The van der Waals surface area contributed by atoms with Crippen molar-refractivity contribution in [3.63, 3.8) is 0 Å². The Morgan fingerprint density at radius 2 is 2.06 bits per heavy atom. The molecule has 0 radical (unpaired) electrons. The first-order valence-electron chi connectivity index (χ1n) is 5.36. The molecule has 2 unspecified atom stereocenters. The summed E-state index contributed by atoms with van der Waals surface area (Å²) in [4.78, 5) is 24.4. The highest BCUT2D eigenvalue weighted by atomic mass is 16.5. The maximum atomic E-state index is 11.5. The minimum absolute atomic E-state index is 0.466. The van der Waals surface area contributed by atoms with E-state index in [4.69, 9.17) is 14.9 Å². The van der Waals surface area contributed by atoms with Crippen LogP contribution in [-0.4, -0.2) is 50.3 Å². The van der Waals surface area contributed by atoms with Crippen molar-refractivity contribution in [2.45, 2.75) is 25.4 Å². The molecule has 0 aromatic carbocycles. The number of H-pyrrole nitrogens is 1. The van der Waals surface area contributed by atoms with E-state index in [1.165, 1.54) is 13.1 Å². The molecule has 1 aromatic heterocycles. The van der Waals surface area contributed by atoms with Crippen molar-refractivity contribution >= 4 is 0 Å². The monoisotopic (exact) mass is 260 g/mol. The average molecular weight is 260 g/mol. The molecule has 0 amide bonds. The molecule has 1 aromatic rings. The molecular formula is C10H16N2O6. The van der Waals surface area contributed by atoms with E-state index < -0.39 is 42.9 Å². The maximum absolute atomic E-state index is 11.5. The fourth-order valence-electron chi connectivity index (χ4n) is 1.36. The second-order valence-corrected chi connectivity index (χ2v) is 3.75. The molecule has 1 rings (SSSR count). The summed E-state index contributed by atoms with van der Waals surface area (Å²) in [6, 6.07) is 1.10. The molecule has 0 aliphatic rings. The Labute approximate surface area is 102 Å². The number of nitrogens with zero attached hydrogens (tertiary/aromatic N) is 1. The van der Waals surface area contributed by atoms with Crippen LogP contribution in [0, 0.1) is 0 Å². The first kappa shape index (κ1) is 14.6. The highest BCUT2D eigenvalue weighted by Gasteiger charge is 2.21. The number of aliphatic hydroxyl groups excluding tert-OH is 3. The largest absolute Gasteiger partial charge is 0.394 e. The van der Waals surface area contributed by atoms with Crippen LogP contribution in [0.15, 0.2) is 21.9 Å². The topological polar surface area (TPSA) is 125 Å². The number of aliphatic hydroxyl groups is 3. The minimum Gasteiger partial charge on any atom is -0.394 e. The van der Waals surface area contributed by atoms with Gasteiger partial charge < -0.3 is 20.1 Å². The standard InChI is InChI=1S/C10H16N2O6/c1-6(15)7(4-13)18-9(5-14)12-3-2-8(16)11-10(12)17/h2-3,6-7,9,13-15H,4-5H2,1H3,(H,11,16,17)/t6?,7-,9?/m1/s1. The fraction of sp³-hybridized carbons (Fsp3) is 0.600. The zero-order chi connectivity index (χ0) is 13.7. The second kappa shape index (κ2) is 6.45. The van der Waals surface area contributed by atoms with E-state index in [-0.39, 0.29) is 0 Å². The van der Waals surface area contributed by atoms with Crippen molar-refractivity contribution in [1.29, 1.82) is 0 Å². The van der Waals surface area contributed by atoms with Gasteiger partial charge in [0.1, 0.15) is 6.10 Å². The third kappa shape index (κ3) is 3.50. The van der Waals surface area contributed by atoms with Gasteiger partial charge in [-0.2, -0.15) is 0 Å². The summed E-state index contributed by atoms with van der Waals surface area (Å²) in [6.45, 7) is 0.395. The van der Waals surface area contributed by atoms with Gasteiger partial charge >= 0.3 is 5.69 Å². The van der Waals surface area contributed by atoms with Gasteiger partial charge in [0, 0.05) is 12.3 Å². The smallest absolute Gasteiger partial charge is 0.330 e. The molecule has 0 saturated carbocycles. The second-order valence-electron chi connectivity index (χ2n) is 3.75. The molecule has 0 spiro atoms. The van der Waals surface area contributed by atoms with Crippen molar-refractivity contribution in [3.8, 4) is 0 Å². The number of nitrogens with one attached hydrogen (secondary N) is 1. The quantitative estimate of drug-likeness (QED) is 0.459. The Morgan fingerprint density at radius 3 is 2.50 bits per heavy atom. The maximum Gasteiger partial charge on any atom is 0.330 e. The lowest BCUT2D eigenvalue weighted by Crippen LogP contribution is -2.39. The minimum atomic E-state index is -1.10. The molecular weight excluding hydrogens is 244 g/mol. The van der Waals surface area contributed by atoms with E-state index in [2.05, 4.69) is 0 Å². The summed E-state index contributed by atoms with van der Waals surface area (Å²) in [5.74, 6) is 0. The molecule has 0 saturated heterocycles. The number of hydrogen-bond donors (Lipinski definition) is 4. The Balaban J connectivity index is 2.96. The SMILES string of the molecule is CC(O)[C@@H](CO)OC(CO)n1ccc(=O)[nH]c1=O. The molecule has 3 atom stereocenters. The lowest BCUT2D eigenvalue weighted by atomic mass is 10.2. The van der Waals surface area contributed by atoms with E-state index in [9.17, 15) is 14.7 Å². The van der Waals surface area contributed by atoms with Gasteiger partial charge in [0.15, 0.2) is 6.23 Å². The first-order valence-corrected chi connectivity index (χ1v) is 5.36. The zero-order valence-corrected chi connectivity index (χ0v) is 9.81. The van der Waals surface area contributed by atoms with Gasteiger partial charge in [0.2, 0.25) is 0 Å². The normalized spacial score (nSPS) is 16.2.